The Morgan fingerprint density at radius 1 is 1.29 bits per heavy atom. The second-order valence-corrected chi connectivity index (χ2v) is 5.53. The standard InChI is InChI=1S/C20H29N/c1-5-8-10-18(6-2)15-19(7-3)13-17(4)14-20-11-9-12-21-16-20/h5,7-8,10,13-15,20-21H,1,3,6,9,11-12,16H2,2,4H3/b10-8-,17-14+,18-15+,19-13+/t20-/m0/s1. The van der Waals surface area contributed by atoms with Crippen LogP contribution in [0.3, 0.4) is 0 Å². The summed E-state index contributed by atoms with van der Waals surface area (Å²) in [5.41, 5.74) is 3.77. The molecule has 0 aromatic rings. The number of allylic oxidation sites excluding steroid dienone is 9. The molecule has 114 valence electrons. The van der Waals surface area contributed by atoms with E-state index in [-0.39, 0.29) is 0 Å². The largest absolute Gasteiger partial charge is 0.316 e. The topological polar surface area (TPSA) is 12.0 Å². The van der Waals surface area contributed by atoms with Crippen molar-refractivity contribution in [2.45, 2.75) is 33.1 Å². The minimum atomic E-state index is 0.663. The quantitative estimate of drug-likeness (QED) is 0.639. The van der Waals surface area contributed by atoms with Gasteiger partial charge in [-0.05, 0) is 49.8 Å². The maximum atomic E-state index is 3.93. The smallest absolute Gasteiger partial charge is 0.00144 e. The normalized spacial score (nSPS) is 21.6. The van der Waals surface area contributed by atoms with Crippen LogP contribution >= 0.6 is 0 Å². The van der Waals surface area contributed by atoms with E-state index >= 15 is 0 Å². The zero-order chi connectivity index (χ0) is 15.5. The van der Waals surface area contributed by atoms with E-state index in [1.165, 1.54) is 24.0 Å². The van der Waals surface area contributed by atoms with E-state index in [4.69, 9.17) is 0 Å². The molecule has 1 heteroatoms. The number of piperidine rings is 1. The lowest BCUT2D eigenvalue weighted by Gasteiger charge is -2.20. The van der Waals surface area contributed by atoms with Crippen molar-refractivity contribution >= 4 is 0 Å². The van der Waals surface area contributed by atoms with Crippen LogP contribution in [0.4, 0.5) is 0 Å². The number of nitrogens with one attached hydrogen (secondary N) is 1. The SMILES string of the molecule is C=C\C=C/C(=C/C(C=C)=C/C(C)=C/[C@@H]1CCCNC1)CC. The van der Waals surface area contributed by atoms with E-state index in [0.29, 0.717) is 5.92 Å². The molecule has 1 aliphatic rings. The van der Waals surface area contributed by atoms with Crippen LogP contribution in [-0.2, 0) is 0 Å². The van der Waals surface area contributed by atoms with E-state index in [1.807, 2.05) is 18.2 Å². The lowest BCUT2D eigenvalue weighted by molar-refractivity contribution is 0.437. The molecule has 1 aliphatic heterocycles. The van der Waals surface area contributed by atoms with Gasteiger partial charge in [0.2, 0.25) is 0 Å². The Morgan fingerprint density at radius 3 is 2.67 bits per heavy atom. The first kappa shape index (κ1) is 17.5. The van der Waals surface area contributed by atoms with Crippen LogP contribution in [0.5, 0.6) is 0 Å². The molecule has 1 rings (SSSR count). The molecule has 0 amide bonds. The molecule has 1 heterocycles. The molecule has 0 aliphatic carbocycles. The van der Waals surface area contributed by atoms with Gasteiger partial charge in [0.15, 0.2) is 0 Å². The highest BCUT2D eigenvalue weighted by atomic mass is 14.9. The molecule has 0 aromatic carbocycles. The third-order valence-corrected chi connectivity index (χ3v) is 3.67. The van der Waals surface area contributed by atoms with Crippen molar-refractivity contribution in [3.05, 3.63) is 72.4 Å². The summed E-state index contributed by atoms with van der Waals surface area (Å²) in [6, 6.07) is 0. The minimum Gasteiger partial charge on any atom is -0.316 e. The third-order valence-electron chi connectivity index (χ3n) is 3.67. The van der Waals surface area contributed by atoms with Gasteiger partial charge in [-0.3, -0.25) is 0 Å². The highest BCUT2D eigenvalue weighted by Crippen LogP contribution is 2.16. The molecule has 0 aromatic heterocycles. The monoisotopic (exact) mass is 283 g/mol. The fraction of sp³-hybridized carbons (Fsp3) is 0.400. The molecule has 1 saturated heterocycles. The molecule has 1 nitrogen and oxygen atoms in total. The Morgan fingerprint density at radius 2 is 2.10 bits per heavy atom. The molecule has 0 bridgehead atoms. The Balaban J connectivity index is 2.83. The summed E-state index contributed by atoms with van der Waals surface area (Å²) in [5, 5.41) is 3.46. The van der Waals surface area contributed by atoms with E-state index in [9.17, 15) is 0 Å². The molecular formula is C20H29N. The van der Waals surface area contributed by atoms with Crippen molar-refractivity contribution in [3.8, 4) is 0 Å². The van der Waals surface area contributed by atoms with Crippen LogP contribution in [0, 0.1) is 5.92 Å². The van der Waals surface area contributed by atoms with Crippen molar-refractivity contribution < 1.29 is 0 Å². The van der Waals surface area contributed by atoms with Gasteiger partial charge in [0.25, 0.3) is 0 Å². The van der Waals surface area contributed by atoms with Crippen LogP contribution in [0.25, 0.3) is 0 Å². The predicted molar refractivity (Wildman–Crippen MR) is 95.3 cm³/mol. The number of hydrogen-bond acceptors (Lipinski definition) is 1. The highest BCUT2D eigenvalue weighted by molar-refractivity contribution is 5.41. The minimum absolute atomic E-state index is 0.663. The van der Waals surface area contributed by atoms with Crippen LogP contribution < -0.4 is 5.32 Å². The Kier molecular flexibility index (Phi) is 8.45. The average Bonchev–Trinajstić information content (AvgIpc) is 2.51. The van der Waals surface area contributed by atoms with Gasteiger partial charge in [-0.25, -0.2) is 0 Å². The van der Waals surface area contributed by atoms with E-state index in [2.05, 4.69) is 56.6 Å². The molecule has 21 heavy (non-hydrogen) atoms. The molecule has 1 atom stereocenters. The summed E-state index contributed by atoms with van der Waals surface area (Å²) >= 11 is 0. The van der Waals surface area contributed by atoms with E-state index in [1.54, 1.807) is 0 Å². The zero-order valence-electron chi connectivity index (χ0n) is 13.6. The summed E-state index contributed by atoms with van der Waals surface area (Å²) in [5.74, 6) is 0.663. The van der Waals surface area contributed by atoms with Gasteiger partial charge < -0.3 is 5.32 Å². The van der Waals surface area contributed by atoms with Gasteiger partial charge >= 0.3 is 0 Å². The van der Waals surface area contributed by atoms with E-state index < -0.39 is 0 Å². The first-order valence-electron chi connectivity index (χ1n) is 7.92. The Labute approximate surface area is 130 Å². The summed E-state index contributed by atoms with van der Waals surface area (Å²) < 4.78 is 0. The van der Waals surface area contributed by atoms with Crippen molar-refractivity contribution in [1.82, 2.24) is 5.32 Å². The van der Waals surface area contributed by atoms with Crippen LogP contribution in [-0.4, -0.2) is 13.1 Å². The van der Waals surface area contributed by atoms with Crippen molar-refractivity contribution in [2.75, 3.05) is 13.1 Å². The maximum Gasteiger partial charge on any atom is 0.00144 e. The Bertz CT molecular complexity index is 454. The molecule has 1 fully saturated rings. The van der Waals surface area contributed by atoms with Crippen LogP contribution in [0.15, 0.2) is 72.4 Å². The second kappa shape index (κ2) is 10.2. The van der Waals surface area contributed by atoms with Gasteiger partial charge in [-0.15, -0.1) is 0 Å². The lowest BCUT2D eigenvalue weighted by atomic mass is 9.96. The van der Waals surface area contributed by atoms with Gasteiger partial charge in [-0.2, -0.15) is 0 Å². The molecule has 0 radical (unpaired) electrons. The Hall–Kier alpha value is -1.60. The fourth-order valence-corrected chi connectivity index (χ4v) is 2.54. The summed E-state index contributed by atoms with van der Waals surface area (Å²) in [6.45, 7) is 14.3. The van der Waals surface area contributed by atoms with Crippen molar-refractivity contribution in [3.63, 3.8) is 0 Å². The van der Waals surface area contributed by atoms with Gasteiger partial charge in [0.05, 0.1) is 0 Å². The zero-order valence-corrected chi connectivity index (χ0v) is 13.6. The molecule has 1 N–H and O–H groups in total. The van der Waals surface area contributed by atoms with Crippen LogP contribution in [0.2, 0.25) is 0 Å². The number of hydrogen-bond donors (Lipinski definition) is 1. The second-order valence-electron chi connectivity index (χ2n) is 5.53. The lowest BCUT2D eigenvalue weighted by Crippen LogP contribution is -2.28. The maximum absolute atomic E-state index is 3.93. The molecular weight excluding hydrogens is 254 g/mol. The van der Waals surface area contributed by atoms with E-state index in [0.717, 1.165) is 25.1 Å². The highest BCUT2D eigenvalue weighted by Gasteiger charge is 2.09. The number of rotatable bonds is 7. The molecule has 0 saturated carbocycles. The fourth-order valence-electron chi connectivity index (χ4n) is 2.54. The van der Waals surface area contributed by atoms with Gasteiger partial charge in [-0.1, -0.05) is 68.2 Å². The summed E-state index contributed by atoms with van der Waals surface area (Å²) in [6.07, 6.45) is 18.2. The van der Waals surface area contributed by atoms with Gasteiger partial charge in [0, 0.05) is 6.54 Å². The average molecular weight is 283 g/mol. The first-order chi connectivity index (χ1) is 10.2. The third kappa shape index (κ3) is 7.10. The first-order valence-corrected chi connectivity index (χ1v) is 7.92. The summed E-state index contributed by atoms with van der Waals surface area (Å²) in [7, 11) is 0. The van der Waals surface area contributed by atoms with Crippen molar-refractivity contribution in [2.24, 2.45) is 5.92 Å². The summed E-state index contributed by atoms with van der Waals surface area (Å²) in [4.78, 5) is 0. The molecule has 0 unspecified atom stereocenters. The van der Waals surface area contributed by atoms with Crippen molar-refractivity contribution in [1.29, 1.82) is 0 Å². The van der Waals surface area contributed by atoms with Gasteiger partial charge in [0.1, 0.15) is 0 Å². The molecule has 0 spiro atoms. The predicted octanol–water partition coefficient (Wildman–Crippen LogP) is 5.12. The van der Waals surface area contributed by atoms with Crippen LogP contribution in [0.1, 0.15) is 33.1 Å².